The fraction of sp³-hybridized carbons (Fsp3) is 0.143. The topological polar surface area (TPSA) is 133 Å². The Kier molecular flexibility index (Phi) is 8.13. The van der Waals surface area contributed by atoms with Gasteiger partial charge in [-0.3, -0.25) is 9.35 Å². The number of oxime groups is 1. The highest BCUT2D eigenvalue weighted by atomic mass is 32.2. The number of thiocarbonyl (C=S) groups is 1. The molecule has 3 aromatic carbocycles. The lowest BCUT2D eigenvalue weighted by Gasteiger charge is -2.38. The number of hydrogen-bond acceptors (Lipinski definition) is 9. The van der Waals surface area contributed by atoms with Crippen LogP contribution in [0.1, 0.15) is 22.4 Å². The number of nitrogens with zero attached hydrogens (tertiary/aromatic N) is 3. The van der Waals surface area contributed by atoms with Crippen LogP contribution >= 0.6 is 23.6 Å². The minimum absolute atomic E-state index is 0.116. The molecule has 10 nitrogen and oxygen atoms in total. The van der Waals surface area contributed by atoms with E-state index in [1.807, 2.05) is 91.0 Å². The van der Waals surface area contributed by atoms with Crippen molar-refractivity contribution < 1.29 is 22.6 Å². The van der Waals surface area contributed by atoms with Crippen LogP contribution < -0.4 is 10.6 Å². The van der Waals surface area contributed by atoms with Gasteiger partial charge in [-0.25, -0.2) is 9.29 Å². The van der Waals surface area contributed by atoms with Crippen molar-refractivity contribution in [1.82, 2.24) is 14.6 Å². The monoisotopic (exact) mass is 607 g/mol. The van der Waals surface area contributed by atoms with Crippen molar-refractivity contribution in [2.45, 2.75) is 11.6 Å². The van der Waals surface area contributed by atoms with E-state index in [1.54, 1.807) is 5.38 Å². The van der Waals surface area contributed by atoms with Gasteiger partial charge in [0, 0.05) is 5.38 Å². The van der Waals surface area contributed by atoms with Gasteiger partial charge < -0.3 is 15.5 Å². The molecule has 1 aromatic heterocycles. The van der Waals surface area contributed by atoms with Crippen molar-refractivity contribution >= 4 is 55.6 Å². The quantitative estimate of drug-likeness (QED) is 0.0815. The van der Waals surface area contributed by atoms with Crippen LogP contribution in [0, 0.1) is 0 Å². The molecule has 1 saturated heterocycles. The van der Waals surface area contributed by atoms with Gasteiger partial charge in [0.15, 0.2) is 10.8 Å². The van der Waals surface area contributed by atoms with Gasteiger partial charge in [-0.05, 0) is 16.7 Å². The van der Waals surface area contributed by atoms with E-state index in [-0.39, 0.29) is 22.9 Å². The number of carbonyl (C=O) groups is 1. The Morgan fingerprint density at radius 1 is 1.02 bits per heavy atom. The number of amides is 1. The average Bonchev–Trinajstić information content (AvgIpc) is 3.45. The average molecular weight is 608 g/mol. The molecular weight excluding hydrogens is 583 g/mol. The van der Waals surface area contributed by atoms with Gasteiger partial charge in [-0.2, -0.15) is 8.42 Å². The number of benzene rings is 3. The molecule has 1 atom stereocenters. The molecule has 1 fully saturated rings. The van der Waals surface area contributed by atoms with Crippen LogP contribution in [0.25, 0.3) is 0 Å². The Hall–Kier alpha value is -4.17. The van der Waals surface area contributed by atoms with Crippen LogP contribution in [-0.4, -0.2) is 58.6 Å². The summed E-state index contributed by atoms with van der Waals surface area (Å²) in [6.45, 7) is -0.193. The Labute approximate surface area is 246 Å². The van der Waals surface area contributed by atoms with Crippen LogP contribution in [0.2, 0.25) is 0 Å². The predicted molar refractivity (Wildman–Crippen MR) is 161 cm³/mol. The number of rotatable bonds is 10. The summed E-state index contributed by atoms with van der Waals surface area (Å²) in [6, 6.07) is 29.2. The van der Waals surface area contributed by atoms with Crippen LogP contribution in [0.15, 0.2) is 102 Å². The molecule has 210 valence electrons. The molecule has 3 N–H and O–H groups in total. The van der Waals surface area contributed by atoms with Crippen LogP contribution in [0.4, 0.5) is 5.13 Å². The summed E-state index contributed by atoms with van der Waals surface area (Å²) >= 11 is 6.33. The van der Waals surface area contributed by atoms with Crippen molar-refractivity contribution in [2.24, 2.45) is 5.16 Å². The van der Waals surface area contributed by atoms with E-state index in [1.165, 1.54) is 18.4 Å². The van der Waals surface area contributed by atoms with E-state index >= 15 is 0 Å². The molecule has 0 spiro atoms. The third-order valence-corrected chi connectivity index (χ3v) is 8.82. The van der Waals surface area contributed by atoms with Gasteiger partial charge in [-0.15, -0.1) is 11.3 Å². The zero-order chi connectivity index (χ0) is 29.0. The summed E-state index contributed by atoms with van der Waals surface area (Å²) in [5.41, 5.74) is 2.27. The van der Waals surface area contributed by atoms with Crippen molar-refractivity contribution in [3.63, 3.8) is 0 Å². The van der Waals surface area contributed by atoms with E-state index in [2.05, 4.69) is 15.8 Å². The minimum Gasteiger partial charge on any atom is -0.398 e. The van der Waals surface area contributed by atoms with Crippen molar-refractivity contribution in [1.29, 1.82) is 0 Å². The first-order valence-corrected chi connectivity index (χ1v) is 15.0. The largest absolute Gasteiger partial charge is 0.398 e. The van der Waals surface area contributed by atoms with Gasteiger partial charge in [-0.1, -0.05) is 108 Å². The lowest BCUT2D eigenvalue weighted by Crippen LogP contribution is -2.65. The van der Waals surface area contributed by atoms with Gasteiger partial charge in [0.25, 0.3) is 5.91 Å². The molecule has 13 heteroatoms. The highest BCUT2D eigenvalue weighted by molar-refractivity contribution is 7.87. The van der Waals surface area contributed by atoms with E-state index < -0.39 is 27.8 Å². The van der Waals surface area contributed by atoms with Crippen molar-refractivity contribution in [3.8, 4) is 0 Å². The second-order valence-corrected chi connectivity index (χ2v) is 11.6. The highest BCUT2D eigenvalue weighted by Crippen LogP contribution is 2.40. The molecular formula is C28H25N5O5S3. The lowest BCUT2D eigenvalue weighted by molar-refractivity contribution is -0.115. The van der Waals surface area contributed by atoms with Crippen LogP contribution in [0.3, 0.4) is 0 Å². The maximum Gasteiger partial charge on any atom is 0.360 e. The zero-order valence-electron chi connectivity index (χ0n) is 21.7. The van der Waals surface area contributed by atoms with Gasteiger partial charge in [0.05, 0.1) is 12.6 Å². The van der Waals surface area contributed by atoms with E-state index in [0.717, 1.165) is 16.7 Å². The normalized spacial score (nSPS) is 15.7. The molecule has 0 saturated carbocycles. The first-order chi connectivity index (χ1) is 19.7. The van der Waals surface area contributed by atoms with E-state index in [9.17, 15) is 17.8 Å². The standard InChI is InChI=1S/C28H25N5O5S3/c1-38-32-24(25(34)29-22-17-33(26(22)39)41(35,36)37)23-18-40-27(30-23)31-28(19-11-5-2-6-12-19,20-13-7-3-8-14-20)21-15-9-4-10-16-21/h2-16,18,22H,17H2,1H3,(H,29,34)(H,30,31)(H,35,36,37)/b32-24-. The molecule has 4 aromatic rings. The first-order valence-electron chi connectivity index (χ1n) is 12.4. The molecule has 1 amide bonds. The number of carbonyl (C=O) groups excluding carboxylic acids is 1. The van der Waals surface area contributed by atoms with Crippen LogP contribution in [0.5, 0.6) is 0 Å². The maximum absolute atomic E-state index is 13.1. The summed E-state index contributed by atoms with van der Waals surface area (Å²) in [4.78, 5) is 22.6. The molecule has 1 unspecified atom stereocenters. The number of nitrogens with one attached hydrogen (secondary N) is 2. The van der Waals surface area contributed by atoms with E-state index in [0.29, 0.717) is 9.44 Å². The highest BCUT2D eigenvalue weighted by Gasteiger charge is 2.42. The fourth-order valence-electron chi connectivity index (χ4n) is 4.61. The van der Waals surface area contributed by atoms with Gasteiger partial charge in [0.2, 0.25) is 0 Å². The third-order valence-electron chi connectivity index (χ3n) is 6.54. The summed E-state index contributed by atoms with van der Waals surface area (Å²) in [6.07, 6.45) is 0. The molecule has 0 radical (unpaired) electrons. The van der Waals surface area contributed by atoms with Crippen molar-refractivity contribution in [2.75, 3.05) is 19.0 Å². The summed E-state index contributed by atoms with van der Waals surface area (Å²) < 4.78 is 32.6. The summed E-state index contributed by atoms with van der Waals surface area (Å²) in [7, 11) is -3.18. The Bertz CT molecular complexity index is 1580. The third kappa shape index (κ3) is 5.70. The molecule has 2 heterocycles. The summed E-state index contributed by atoms with van der Waals surface area (Å²) in [5, 5.41) is 12.3. The second-order valence-electron chi connectivity index (χ2n) is 9.01. The Morgan fingerprint density at radius 3 is 1.98 bits per heavy atom. The Morgan fingerprint density at radius 2 is 1.54 bits per heavy atom. The first kappa shape index (κ1) is 28.4. The number of anilines is 1. The smallest absolute Gasteiger partial charge is 0.360 e. The molecule has 0 bridgehead atoms. The number of thiazole rings is 1. The van der Waals surface area contributed by atoms with Gasteiger partial charge >= 0.3 is 10.3 Å². The molecule has 1 aliphatic rings. The molecule has 5 rings (SSSR count). The second kappa shape index (κ2) is 11.7. The predicted octanol–water partition coefficient (Wildman–Crippen LogP) is 3.83. The molecule has 41 heavy (non-hydrogen) atoms. The maximum atomic E-state index is 13.1. The molecule has 1 aliphatic heterocycles. The van der Waals surface area contributed by atoms with Crippen molar-refractivity contribution in [3.05, 3.63) is 119 Å². The van der Waals surface area contributed by atoms with E-state index in [4.69, 9.17) is 22.0 Å². The summed E-state index contributed by atoms with van der Waals surface area (Å²) in [5.74, 6) is -0.661. The molecule has 0 aliphatic carbocycles. The SMILES string of the molecule is CO/N=C(\C(=O)NC1CN(S(=O)(=O)O)C1=S)c1csc(NC(c2ccccc2)(c2ccccc2)c2ccccc2)n1. The number of hydrogen-bond donors (Lipinski definition) is 3. The zero-order valence-corrected chi connectivity index (χ0v) is 24.1. The Balaban J connectivity index is 1.49. The number of aromatic nitrogens is 1. The lowest BCUT2D eigenvalue weighted by atomic mass is 9.77. The van der Waals surface area contributed by atoms with Crippen LogP contribution in [-0.2, 0) is 25.5 Å². The fourth-order valence-corrected chi connectivity index (χ4v) is 6.55. The minimum atomic E-state index is -4.48. The van der Waals surface area contributed by atoms with Gasteiger partial charge in [0.1, 0.15) is 23.3 Å².